The molecular weight excluding hydrogens is 240 g/mol. The molecule has 106 valence electrons. The summed E-state index contributed by atoms with van der Waals surface area (Å²) in [4.78, 5) is 21.2. The first-order valence-corrected chi connectivity index (χ1v) is 7.08. The van der Waals surface area contributed by atoms with E-state index in [9.17, 15) is 4.79 Å². The van der Waals surface area contributed by atoms with E-state index in [-0.39, 0.29) is 11.5 Å². The molecule has 0 spiro atoms. The summed E-state index contributed by atoms with van der Waals surface area (Å²) in [5.74, 6) is 2.31. The monoisotopic (exact) mass is 264 g/mol. The molecule has 0 aromatic carbocycles. The second kappa shape index (κ2) is 6.19. The van der Waals surface area contributed by atoms with E-state index in [0.717, 1.165) is 18.9 Å². The van der Waals surface area contributed by atoms with Crippen LogP contribution in [-0.2, 0) is 0 Å². The zero-order valence-corrected chi connectivity index (χ0v) is 12.1. The molecule has 0 saturated carbocycles. The highest BCUT2D eigenvalue weighted by Crippen LogP contribution is 2.16. The van der Waals surface area contributed by atoms with Crippen molar-refractivity contribution in [2.45, 2.75) is 32.6 Å². The summed E-state index contributed by atoms with van der Waals surface area (Å²) in [5, 5.41) is 3.31. The van der Waals surface area contributed by atoms with Crippen LogP contribution < -0.4 is 10.9 Å². The van der Waals surface area contributed by atoms with Crippen LogP contribution in [0.4, 0.5) is 5.82 Å². The lowest BCUT2D eigenvalue weighted by Gasteiger charge is -2.29. The minimum atomic E-state index is -0.0815. The largest absolute Gasteiger partial charge is 0.370 e. The van der Waals surface area contributed by atoms with Crippen LogP contribution in [0.15, 0.2) is 10.9 Å². The quantitative estimate of drug-likeness (QED) is 0.868. The third kappa shape index (κ3) is 4.06. The maximum Gasteiger partial charge on any atom is 0.252 e. The van der Waals surface area contributed by atoms with E-state index in [2.05, 4.69) is 27.2 Å². The average Bonchev–Trinajstić information content (AvgIpc) is 2.36. The second-order valence-corrected chi connectivity index (χ2v) is 5.82. The maximum absolute atomic E-state index is 11.6. The summed E-state index contributed by atoms with van der Waals surface area (Å²) in [5.41, 5.74) is -0.0815. The normalized spacial score (nSPS) is 20.7. The van der Waals surface area contributed by atoms with Crippen molar-refractivity contribution >= 4 is 5.82 Å². The summed E-state index contributed by atoms with van der Waals surface area (Å²) >= 11 is 0. The van der Waals surface area contributed by atoms with E-state index < -0.39 is 0 Å². The second-order valence-electron chi connectivity index (χ2n) is 5.82. The molecule has 1 aromatic heterocycles. The van der Waals surface area contributed by atoms with Gasteiger partial charge in [0, 0.05) is 25.1 Å². The van der Waals surface area contributed by atoms with Gasteiger partial charge in [0.15, 0.2) is 0 Å². The van der Waals surface area contributed by atoms with E-state index in [0.29, 0.717) is 11.7 Å². The van der Waals surface area contributed by atoms with E-state index in [4.69, 9.17) is 0 Å². The lowest BCUT2D eigenvalue weighted by atomic mass is 9.98. The number of nitrogens with one attached hydrogen (secondary N) is 2. The first-order chi connectivity index (χ1) is 9.04. The van der Waals surface area contributed by atoms with E-state index in [1.807, 2.05) is 13.8 Å². The Bertz CT molecular complexity index is 469. The molecule has 1 saturated heterocycles. The lowest BCUT2D eigenvalue weighted by molar-refractivity contribution is 0.217. The maximum atomic E-state index is 11.6. The van der Waals surface area contributed by atoms with Gasteiger partial charge in [-0.15, -0.1) is 0 Å². The van der Waals surface area contributed by atoms with Crippen molar-refractivity contribution < 1.29 is 0 Å². The molecule has 2 rings (SSSR count). The molecule has 1 unspecified atom stereocenters. The van der Waals surface area contributed by atoms with Crippen molar-refractivity contribution in [1.29, 1.82) is 0 Å². The molecule has 0 radical (unpaired) electrons. The van der Waals surface area contributed by atoms with Crippen LogP contribution in [0.3, 0.4) is 0 Å². The van der Waals surface area contributed by atoms with Gasteiger partial charge in [0.05, 0.1) is 0 Å². The van der Waals surface area contributed by atoms with Gasteiger partial charge in [-0.1, -0.05) is 13.8 Å². The Balaban J connectivity index is 1.97. The van der Waals surface area contributed by atoms with Gasteiger partial charge in [0.1, 0.15) is 11.6 Å². The van der Waals surface area contributed by atoms with Gasteiger partial charge in [-0.05, 0) is 32.4 Å². The van der Waals surface area contributed by atoms with Crippen LogP contribution in [0.5, 0.6) is 0 Å². The Hall–Kier alpha value is -1.36. The Morgan fingerprint density at radius 2 is 2.37 bits per heavy atom. The Morgan fingerprint density at radius 1 is 1.58 bits per heavy atom. The predicted molar refractivity (Wildman–Crippen MR) is 77.7 cm³/mol. The molecule has 1 fully saturated rings. The van der Waals surface area contributed by atoms with Crippen molar-refractivity contribution in [1.82, 2.24) is 14.9 Å². The number of hydrogen-bond donors (Lipinski definition) is 2. The zero-order chi connectivity index (χ0) is 13.8. The molecular formula is C14H24N4O. The van der Waals surface area contributed by atoms with Gasteiger partial charge < -0.3 is 15.2 Å². The highest BCUT2D eigenvalue weighted by atomic mass is 16.1. The Morgan fingerprint density at radius 3 is 3.05 bits per heavy atom. The highest BCUT2D eigenvalue weighted by molar-refractivity contribution is 5.33. The number of anilines is 1. The number of piperidine rings is 1. The van der Waals surface area contributed by atoms with Gasteiger partial charge in [-0.2, -0.15) is 0 Å². The number of hydrogen-bond acceptors (Lipinski definition) is 4. The number of nitrogens with zero attached hydrogens (tertiary/aromatic N) is 2. The SMILES string of the molecule is CC(C)c1nc(NCC2CCCN(C)C2)cc(=O)[nH]1. The fraction of sp³-hybridized carbons (Fsp3) is 0.714. The van der Waals surface area contributed by atoms with E-state index in [1.54, 1.807) is 6.07 Å². The summed E-state index contributed by atoms with van der Waals surface area (Å²) in [6.07, 6.45) is 2.50. The third-order valence-electron chi connectivity index (χ3n) is 3.60. The summed E-state index contributed by atoms with van der Waals surface area (Å²) < 4.78 is 0. The van der Waals surface area contributed by atoms with Gasteiger partial charge in [-0.25, -0.2) is 4.98 Å². The average molecular weight is 264 g/mol. The van der Waals surface area contributed by atoms with Crippen LogP contribution in [0, 0.1) is 5.92 Å². The number of aromatic amines is 1. The molecule has 0 amide bonds. The Labute approximate surface area is 114 Å². The molecule has 5 nitrogen and oxygen atoms in total. The van der Waals surface area contributed by atoms with Crippen LogP contribution >= 0.6 is 0 Å². The minimum absolute atomic E-state index is 0.0815. The summed E-state index contributed by atoms with van der Waals surface area (Å²) in [6, 6.07) is 1.54. The first kappa shape index (κ1) is 14.1. The highest BCUT2D eigenvalue weighted by Gasteiger charge is 2.17. The third-order valence-corrected chi connectivity index (χ3v) is 3.60. The van der Waals surface area contributed by atoms with Gasteiger partial charge in [0.2, 0.25) is 0 Å². The molecule has 0 bridgehead atoms. The van der Waals surface area contributed by atoms with Gasteiger partial charge >= 0.3 is 0 Å². The van der Waals surface area contributed by atoms with Crippen molar-refractivity contribution in [2.75, 3.05) is 32.0 Å². The molecule has 1 aliphatic heterocycles. The smallest absolute Gasteiger partial charge is 0.252 e. The van der Waals surface area contributed by atoms with Crippen molar-refractivity contribution in [3.05, 3.63) is 22.2 Å². The van der Waals surface area contributed by atoms with Crippen molar-refractivity contribution in [2.24, 2.45) is 5.92 Å². The molecule has 1 aromatic rings. The minimum Gasteiger partial charge on any atom is -0.370 e. The number of H-pyrrole nitrogens is 1. The summed E-state index contributed by atoms with van der Waals surface area (Å²) in [7, 11) is 2.16. The molecule has 2 N–H and O–H groups in total. The number of rotatable bonds is 4. The van der Waals surface area contributed by atoms with Crippen LogP contribution in [0.2, 0.25) is 0 Å². The summed E-state index contributed by atoms with van der Waals surface area (Å²) in [6.45, 7) is 7.25. The fourth-order valence-corrected chi connectivity index (χ4v) is 2.53. The number of aromatic nitrogens is 2. The zero-order valence-electron chi connectivity index (χ0n) is 12.1. The lowest BCUT2D eigenvalue weighted by Crippen LogP contribution is -2.35. The molecule has 19 heavy (non-hydrogen) atoms. The Kier molecular flexibility index (Phi) is 4.58. The van der Waals surface area contributed by atoms with Gasteiger partial charge in [0.25, 0.3) is 5.56 Å². The predicted octanol–water partition coefficient (Wildman–Crippen LogP) is 1.65. The molecule has 5 heteroatoms. The van der Waals surface area contributed by atoms with Crippen LogP contribution in [0.25, 0.3) is 0 Å². The van der Waals surface area contributed by atoms with Gasteiger partial charge in [-0.3, -0.25) is 4.79 Å². The van der Waals surface area contributed by atoms with Crippen molar-refractivity contribution in [3.8, 4) is 0 Å². The fourth-order valence-electron chi connectivity index (χ4n) is 2.53. The van der Waals surface area contributed by atoms with Crippen LogP contribution in [-0.4, -0.2) is 41.5 Å². The van der Waals surface area contributed by atoms with E-state index >= 15 is 0 Å². The molecule has 2 heterocycles. The molecule has 0 aliphatic carbocycles. The molecule has 1 aliphatic rings. The van der Waals surface area contributed by atoms with Crippen LogP contribution in [0.1, 0.15) is 38.4 Å². The molecule has 1 atom stereocenters. The standard InChI is InChI=1S/C14H24N4O/c1-10(2)14-16-12(7-13(19)17-14)15-8-11-5-4-6-18(3)9-11/h7,10-11H,4-6,8-9H2,1-3H3,(H2,15,16,17,19). The number of likely N-dealkylation sites (tertiary alicyclic amines) is 1. The topological polar surface area (TPSA) is 61.0 Å². The van der Waals surface area contributed by atoms with E-state index in [1.165, 1.54) is 19.4 Å². The first-order valence-electron chi connectivity index (χ1n) is 7.08. The van der Waals surface area contributed by atoms with Crippen molar-refractivity contribution in [3.63, 3.8) is 0 Å².